The van der Waals surface area contributed by atoms with Crippen LogP contribution in [0.2, 0.25) is 0 Å². The maximum absolute atomic E-state index is 12.7. The highest BCUT2D eigenvalue weighted by molar-refractivity contribution is 6.18. The molecule has 8 nitrogen and oxygen atoms in total. The number of primary amides is 1. The molecular weight excluding hydrogens is 416 g/mol. The molecule has 8 heteroatoms. The maximum atomic E-state index is 12.7. The number of hydrogen-bond acceptors (Lipinski definition) is 5. The van der Waals surface area contributed by atoms with Gasteiger partial charge < -0.3 is 26.3 Å². The summed E-state index contributed by atoms with van der Waals surface area (Å²) in [5.41, 5.74) is 8.84. The van der Waals surface area contributed by atoms with Crippen LogP contribution in [0.5, 0.6) is 0 Å². The Bertz CT molecular complexity index is 1260. The van der Waals surface area contributed by atoms with Crippen LogP contribution >= 0.6 is 0 Å². The van der Waals surface area contributed by atoms with E-state index >= 15 is 0 Å². The van der Waals surface area contributed by atoms with E-state index in [1.807, 2.05) is 0 Å². The summed E-state index contributed by atoms with van der Waals surface area (Å²) in [6, 6.07) is 6.60. The summed E-state index contributed by atoms with van der Waals surface area (Å²) in [6.45, 7) is 4.31. The van der Waals surface area contributed by atoms with Crippen LogP contribution in [0.25, 0.3) is 21.8 Å². The van der Waals surface area contributed by atoms with E-state index in [4.69, 9.17) is 10.7 Å². The first-order valence-corrected chi connectivity index (χ1v) is 12.0. The Morgan fingerprint density at radius 1 is 1.18 bits per heavy atom. The number of aromatic amines is 1. The molecule has 3 aliphatic heterocycles. The summed E-state index contributed by atoms with van der Waals surface area (Å²) in [7, 11) is 0. The van der Waals surface area contributed by atoms with E-state index in [0.717, 1.165) is 85.9 Å². The van der Waals surface area contributed by atoms with Crippen LogP contribution in [0, 0.1) is 5.41 Å². The van der Waals surface area contributed by atoms with Gasteiger partial charge in [-0.1, -0.05) is 12.1 Å². The second kappa shape index (κ2) is 7.73. The van der Waals surface area contributed by atoms with Crippen molar-refractivity contribution in [3.63, 3.8) is 0 Å². The molecule has 0 unspecified atom stereocenters. The third-order valence-electron chi connectivity index (χ3n) is 7.95. The maximum Gasteiger partial charge on any atom is 0.252 e. The van der Waals surface area contributed by atoms with Crippen LogP contribution in [-0.4, -0.2) is 54.5 Å². The smallest absolute Gasteiger partial charge is 0.252 e. The predicted octanol–water partition coefficient (Wildman–Crippen LogP) is 2.39. The molecule has 1 aromatic carbocycles. The van der Waals surface area contributed by atoms with Gasteiger partial charge in [0.25, 0.3) is 5.91 Å². The van der Waals surface area contributed by atoms with Gasteiger partial charge in [0.2, 0.25) is 5.91 Å². The van der Waals surface area contributed by atoms with Gasteiger partial charge in [0.15, 0.2) is 0 Å². The first kappa shape index (κ1) is 20.5. The number of nitrogens with two attached hydrogens (primary N) is 1. The third-order valence-corrected chi connectivity index (χ3v) is 7.95. The lowest BCUT2D eigenvalue weighted by Gasteiger charge is -2.39. The van der Waals surface area contributed by atoms with Crippen molar-refractivity contribution in [2.45, 2.75) is 38.0 Å². The van der Waals surface area contributed by atoms with Gasteiger partial charge in [-0.05, 0) is 62.7 Å². The highest BCUT2D eigenvalue weighted by Crippen LogP contribution is 2.41. The number of nitrogens with one attached hydrogen (secondary N) is 3. The summed E-state index contributed by atoms with van der Waals surface area (Å²) < 4.78 is 0. The Hall–Kier alpha value is -3.13. The van der Waals surface area contributed by atoms with E-state index in [0.29, 0.717) is 18.0 Å². The normalized spacial score (nSPS) is 24.1. The third kappa shape index (κ3) is 3.27. The second-order valence-electron chi connectivity index (χ2n) is 9.88. The molecule has 1 atom stereocenters. The van der Waals surface area contributed by atoms with Crippen molar-refractivity contribution in [1.29, 1.82) is 0 Å². The van der Waals surface area contributed by atoms with Crippen molar-refractivity contribution in [3.8, 4) is 0 Å². The molecule has 1 spiro atoms. The highest BCUT2D eigenvalue weighted by Gasteiger charge is 2.45. The average molecular weight is 447 g/mol. The minimum Gasteiger partial charge on any atom is -0.365 e. The molecule has 3 aliphatic rings. The second-order valence-corrected chi connectivity index (χ2v) is 9.88. The number of carbonyl (C=O) groups excluding carboxylic acids is 2. The number of anilines is 1. The predicted molar refractivity (Wildman–Crippen MR) is 128 cm³/mol. The lowest BCUT2D eigenvalue weighted by molar-refractivity contribution is -0.128. The van der Waals surface area contributed by atoms with Crippen LogP contribution in [0.4, 0.5) is 5.82 Å². The molecule has 3 fully saturated rings. The van der Waals surface area contributed by atoms with Crippen LogP contribution in [0.3, 0.4) is 0 Å². The fourth-order valence-electron chi connectivity index (χ4n) is 6.16. The molecule has 33 heavy (non-hydrogen) atoms. The SMILES string of the molecule is NC(=O)c1cnc(N2CCC[C@]3(CCNC3=O)C2)c2c1[nH]c1cc(C3CCNCC3)ccc12. The van der Waals surface area contributed by atoms with Crippen LogP contribution in [-0.2, 0) is 4.79 Å². The van der Waals surface area contributed by atoms with Gasteiger partial charge in [-0.25, -0.2) is 4.98 Å². The molecule has 3 saturated heterocycles. The Morgan fingerprint density at radius 2 is 2.03 bits per heavy atom. The number of hydrogen-bond donors (Lipinski definition) is 4. The fourth-order valence-corrected chi connectivity index (χ4v) is 6.16. The Labute approximate surface area is 192 Å². The summed E-state index contributed by atoms with van der Waals surface area (Å²) in [6.07, 6.45) is 6.55. The van der Waals surface area contributed by atoms with Crippen molar-refractivity contribution in [2.75, 3.05) is 37.6 Å². The first-order valence-electron chi connectivity index (χ1n) is 12.0. The molecule has 6 rings (SSSR count). The van der Waals surface area contributed by atoms with Crippen LogP contribution in [0.15, 0.2) is 24.4 Å². The lowest BCUT2D eigenvalue weighted by atomic mass is 9.78. The summed E-state index contributed by atoms with van der Waals surface area (Å²) >= 11 is 0. The zero-order chi connectivity index (χ0) is 22.6. The van der Waals surface area contributed by atoms with Gasteiger partial charge in [-0.2, -0.15) is 0 Å². The topological polar surface area (TPSA) is 116 Å². The number of piperidine rings is 2. The summed E-state index contributed by atoms with van der Waals surface area (Å²) in [4.78, 5) is 35.3. The molecule has 2 aromatic heterocycles. The molecule has 0 saturated carbocycles. The molecule has 5 N–H and O–H groups in total. The minimum absolute atomic E-state index is 0.155. The molecule has 5 heterocycles. The van der Waals surface area contributed by atoms with E-state index in [1.165, 1.54) is 5.56 Å². The molecule has 172 valence electrons. The van der Waals surface area contributed by atoms with E-state index in [-0.39, 0.29) is 11.3 Å². The average Bonchev–Trinajstić information content (AvgIpc) is 3.38. The van der Waals surface area contributed by atoms with Gasteiger partial charge in [0.05, 0.1) is 21.9 Å². The number of nitrogens with zero attached hydrogens (tertiary/aromatic N) is 2. The number of H-pyrrole nitrogens is 1. The number of carbonyl (C=O) groups is 2. The number of benzene rings is 1. The number of aromatic nitrogens is 2. The largest absolute Gasteiger partial charge is 0.365 e. The van der Waals surface area contributed by atoms with Crippen LogP contribution < -0.4 is 21.3 Å². The number of rotatable bonds is 3. The molecule has 2 amide bonds. The minimum atomic E-state index is -0.491. The van der Waals surface area contributed by atoms with Gasteiger partial charge in [-0.15, -0.1) is 0 Å². The quantitative estimate of drug-likeness (QED) is 0.493. The first-order chi connectivity index (χ1) is 16.1. The molecular formula is C25H30N6O2. The van der Waals surface area contributed by atoms with Gasteiger partial charge in [0.1, 0.15) is 5.82 Å². The van der Waals surface area contributed by atoms with E-state index in [2.05, 4.69) is 38.7 Å². The standard InChI is InChI=1S/C25H30N6O2/c26-22(32)18-13-29-23(31-11-1-6-25(14-31)7-10-28-24(25)33)20-17-3-2-16(12-19(17)30-21(18)20)15-4-8-27-9-5-15/h2-3,12-13,15,27,30H,1,4-11,14H2,(H2,26,32)(H,28,33)/t25-/m0/s1. The Kier molecular flexibility index (Phi) is 4.79. The van der Waals surface area contributed by atoms with E-state index in [9.17, 15) is 9.59 Å². The number of pyridine rings is 1. The molecule has 0 aliphatic carbocycles. The molecule has 0 radical (unpaired) electrons. The zero-order valence-electron chi connectivity index (χ0n) is 18.7. The van der Waals surface area contributed by atoms with Crippen molar-refractivity contribution in [3.05, 3.63) is 35.5 Å². The molecule has 0 bridgehead atoms. The monoisotopic (exact) mass is 446 g/mol. The van der Waals surface area contributed by atoms with Gasteiger partial charge in [-0.3, -0.25) is 9.59 Å². The number of fused-ring (bicyclic) bond motifs is 3. The highest BCUT2D eigenvalue weighted by atomic mass is 16.2. The van der Waals surface area contributed by atoms with Gasteiger partial charge >= 0.3 is 0 Å². The Balaban J connectivity index is 1.48. The van der Waals surface area contributed by atoms with Crippen LogP contribution in [0.1, 0.15) is 53.9 Å². The van der Waals surface area contributed by atoms with E-state index < -0.39 is 5.91 Å². The lowest BCUT2D eigenvalue weighted by Crippen LogP contribution is -2.47. The number of amides is 2. The summed E-state index contributed by atoms with van der Waals surface area (Å²) in [5, 5.41) is 8.42. The van der Waals surface area contributed by atoms with Crippen molar-refractivity contribution in [1.82, 2.24) is 20.6 Å². The molecule has 3 aromatic rings. The van der Waals surface area contributed by atoms with Crippen molar-refractivity contribution >= 4 is 39.4 Å². The van der Waals surface area contributed by atoms with Crippen molar-refractivity contribution < 1.29 is 9.59 Å². The zero-order valence-corrected chi connectivity index (χ0v) is 18.7. The fraction of sp³-hybridized carbons (Fsp3) is 0.480. The summed E-state index contributed by atoms with van der Waals surface area (Å²) in [5.74, 6) is 1.03. The Morgan fingerprint density at radius 3 is 2.79 bits per heavy atom. The van der Waals surface area contributed by atoms with Crippen molar-refractivity contribution in [2.24, 2.45) is 11.1 Å². The van der Waals surface area contributed by atoms with Gasteiger partial charge in [0, 0.05) is 36.7 Å². The van der Waals surface area contributed by atoms with E-state index in [1.54, 1.807) is 6.20 Å².